The quantitative estimate of drug-likeness (QED) is 0.588. The lowest BCUT2D eigenvalue weighted by Crippen LogP contribution is -2.35. The highest BCUT2D eigenvalue weighted by atomic mass is 19.1. The van der Waals surface area contributed by atoms with E-state index in [9.17, 15) is 14.4 Å². The molecule has 0 bridgehead atoms. The molecule has 2 heterocycles. The molecule has 1 saturated carbocycles. The summed E-state index contributed by atoms with van der Waals surface area (Å²) >= 11 is 0. The van der Waals surface area contributed by atoms with Gasteiger partial charge in [-0.3, -0.25) is 9.69 Å². The van der Waals surface area contributed by atoms with Crippen molar-refractivity contribution in [1.82, 2.24) is 9.47 Å². The minimum atomic E-state index is -0.272. The molecule has 0 aliphatic heterocycles. The van der Waals surface area contributed by atoms with Gasteiger partial charge in [0.2, 0.25) is 5.91 Å². The summed E-state index contributed by atoms with van der Waals surface area (Å²) in [6, 6.07) is 12.6. The van der Waals surface area contributed by atoms with E-state index in [2.05, 4.69) is 16.3 Å². The number of anilines is 1. The van der Waals surface area contributed by atoms with Gasteiger partial charge in [-0.05, 0) is 62.1 Å². The topological polar surface area (TPSA) is 74.2 Å². The molecule has 1 aromatic carbocycles. The van der Waals surface area contributed by atoms with E-state index in [1.807, 2.05) is 30.5 Å². The first-order chi connectivity index (χ1) is 15.0. The number of nitrogens with zero attached hydrogens (tertiary/aromatic N) is 3. The van der Waals surface area contributed by atoms with Crippen LogP contribution in [0.2, 0.25) is 0 Å². The van der Waals surface area contributed by atoms with Gasteiger partial charge < -0.3 is 14.3 Å². The number of hydrogen-bond donors (Lipinski definition) is 1. The third-order valence-corrected chi connectivity index (χ3v) is 5.80. The van der Waals surface area contributed by atoms with Gasteiger partial charge in [0.1, 0.15) is 23.5 Å². The molecule has 1 amide bonds. The van der Waals surface area contributed by atoms with Crippen molar-refractivity contribution in [2.24, 2.45) is 0 Å². The minimum Gasteiger partial charge on any atom is -0.467 e. The van der Waals surface area contributed by atoms with E-state index in [0.717, 1.165) is 35.4 Å². The number of benzene rings is 1. The van der Waals surface area contributed by atoms with Crippen LogP contribution in [-0.2, 0) is 17.9 Å². The summed E-state index contributed by atoms with van der Waals surface area (Å²) in [7, 11) is 0. The van der Waals surface area contributed by atoms with Crippen LogP contribution in [0.1, 0.15) is 41.0 Å². The molecule has 31 heavy (non-hydrogen) atoms. The molecule has 0 saturated heterocycles. The average molecular weight is 420 g/mol. The van der Waals surface area contributed by atoms with E-state index < -0.39 is 0 Å². The first kappa shape index (κ1) is 20.9. The zero-order valence-corrected chi connectivity index (χ0v) is 17.7. The summed E-state index contributed by atoms with van der Waals surface area (Å²) in [4.78, 5) is 15.1. The van der Waals surface area contributed by atoms with Crippen molar-refractivity contribution in [1.29, 1.82) is 5.26 Å². The smallest absolute Gasteiger partial charge is 0.239 e. The van der Waals surface area contributed by atoms with Crippen LogP contribution in [0.25, 0.3) is 0 Å². The lowest BCUT2D eigenvalue weighted by Gasteiger charge is -2.22. The van der Waals surface area contributed by atoms with Crippen LogP contribution in [-0.4, -0.2) is 28.0 Å². The van der Waals surface area contributed by atoms with Crippen LogP contribution in [0.4, 0.5) is 10.2 Å². The van der Waals surface area contributed by atoms with E-state index in [4.69, 9.17) is 4.42 Å². The zero-order chi connectivity index (χ0) is 22.0. The zero-order valence-electron chi connectivity index (χ0n) is 17.7. The largest absolute Gasteiger partial charge is 0.467 e. The fourth-order valence-corrected chi connectivity index (χ4v) is 3.82. The van der Waals surface area contributed by atoms with Crippen molar-refractivity contribution in [3.8, 4) is 6.07 Å². The van der Waals surface area contributed by atoms with Crippen molar-refractivity contribution in [2.75, 3.05) is 11.9 Å². The van der Waals surface area contributed by atoms with E-state index in [1.54, 1.807) is 18.4 Å². The number of furan rings is 1. The molecule has 7 heteroatoms. The maximum Gasteiger partial charge on any atom is 0.239 e. The molecule has 4 rings (SSSR count). The average Bonchev–Trinajstić information content (AvgIpc) is 3.43. The highest BCUT2D eigenvalue weighted by molar-refractivity contribution is 5.93. The predicted octanol–water partition coefficient (Wildman–Crippen LogP) is 4.36. The van der Waals surface area contributed by atoms with Gasteiger partial charge in [0.25, 0.3) is 0 Å². The Bertz CT molecular complexity index is 1110. The maximum absolute atomic E-state index is 13.2. The summed E-state index contributed by atoms with van der Waals surface area (Å²) in [6.07, 6.45) is 3.70. The maximum atomic E-state index is 13.2. The lowest BCUT2D eigenvalue weighted by atomic mass is 10.2. The minimum absolute atomic E-state index is 0.177. The second-order valence-corrected chi connectivity index (χ2v) is 8.02. The molecule has 0 spiro atoms. The standard InChI is InChI=1S/C24H25FN4O2/c1-16-17(2)29(14-21-4-3-11-31-21)24(22(16)12-26)27-23(30)15-28(20-9-10-20)13-18-5-7-19(25)8-6-18/h3-8,11,20H,9-10,13-15H2,1-2H3,(H,27,30). The second kappa shape index (κ2) is 8.78. The number of nitrogens with one attached hydrogen (secondary N) is 1. The first-order valence-electron chi connectivity index (χ1n) is 10.4. The van der Waals surface area contributed by atoms with Gasteiger partial charge >= 0.3 is 0 Å². The number of halogens is 1. The molecule has 1 aliphatic carbocycles. The van der Waals surface area contributed by atoms with Gasteiger partial charge in [0.05, 0.1) is 24.9 Å². The summed E-state index contributed by atoms with van der Waals surface area (Å²) < 4.78 is 20.6. The van der Waals surface area contributed by atoms with Crippen LogP contribution in [0.15, 0.2) is 47.1 Å². The molecule has 1 N–H and O–H groups in total. The molecule has 3 aromatic rings. The number of carbonyl (C=O) groups is 1. The Balaban J connectivity index is 1.52. The number of carbonyl (C=O) groups excluding carboxylic acids is 1. The third-order valence-electron chi connectivity index (χ3n) is 5.80. The Hall–Kier alpha value is -3.37. The number of nitriles is 1. The predicted molar refractivity (Wildman–Crippen MR) is 115 cm³/mol. The number of rotatable bonds is 8. The number of hydrogen-bond acceptors (Lipinski definition) is 4. The van der Waals surface area contributed by atoms with Gasteiger partial charge in [-0.25, -0.2) is 4.39 Å². The van der Waals surface area contributed by atoms with Gasteiger partial charge in [-0.2, -0.15) is 5.26 Å². The van der Waals surface area contributed by atoms with Crippen LogP contribution >= 0.6 is 0 Å². The van der Waals surface area contributed by atoms with Crippen molar-refractivity contribution < 1.29 is 13.6 Å². The molecular weight excluding hydrogens is 395 g/mol. The molecule has 0 atom stereocenters. The van der Waals surface area contributed by atoms with E-state index in [-0.39, 0.29) is 18.3 Å². The highest BCUT2D eigenvalue weighted by Crippen LogP contribution is 2.30. The Morgan fingerprint density at radius 3 is 2.65 bits per heavy atom. The van der Waals surface area contributed by atoms with Crippen molar-refractivity contribution >= 4 is 11.7 Å². The van der Waals surface area contributed by atoms with Crippen LogP contribution in [0.3, 0.4) is 0 Å². The van der Waals surface area contributed by atoms with Crippen LogP contribution in [0.5, 0.6) is 0 Å². The van der Waals surface area contributed by atoms with Crippen LogP contribution in [0, 0.1) is 31.0 Å². The SMILES string of the molecule is Cc1c(C#N)c(NC(=O)CN(Cc2ccc(F)cc2)C2CC2)n(Cc2ccco2)c1C. The Morgan fingerprint density at radius 2 is 2.03 bits per heavy atom. The molecule has 1 aliphatic rings. The molecule has 1 fully saturated rings. The van der Waals surface area contributed by atoms with Crippen molar-refractivity contribution in [3.05, 3.63) is 76.6 Å². The third kappa shape index (κ3) is 4.70. The molecular formula is C24H25FN4O2. The number of aromatic nitrogens is 1. The normalized spacial score (nSPS) is 13.4. The molecule has 160 valence electrons. The van der Waals surface area contributed by atoms with Gasteiger partial charge in [0, 0.05) is 18.3 Å². The van der Waals surface area contributed by atoms with E-state index in [0.29, 0.717) is 30.5 Å². The van der Waals surface area contributed by atoms with Gasteiger partial charge in [0.15, 0.2) is 0 Å². The monoisotopic (exact) mass is 420 g/mol. The van der Waals surface area contributed by atoms with Gasteiger partial charge in [-0.15, -0.1) is 0 Å². The summed E-state index contributed by atoms with van der Waals surface area (Å²) in [6.45, 7) is 5.03. The summed E-state index contributed by atoms with van der Waals surface area (Å²) in [5, 5.41) is 12.7. The Morgan fingerprint density at radius 1 is 1.29 bits per heavy atom. The first-order valence-corrected chi connectivity index (χ1v) is 10.4. The van der Waals surface area contributed by atoms with E-state index in [1.165, 1.54) is 12.1 Å². The van der Waals surface area contributed by atoms with E-state index >= 15 is 0 Å². The van der Waals surface area contributed by atoms with Crippen molar-refractivity contribution in [2.45, 2.75) is 45.8 Å². The highest BCUT2D eigenvalue weighted by Gasteiger charge is 2.31. The molecule has 6 nitrogen and oxygen atoms in total. The summed E-state index contributed by atoms with van der Waals surface area (Å²) in [5.74, 6) is 0.792. The van der Waals surface area contributed by atoms with Gasteiger partial charge in [-0.1, -0.05) is 12.1 Å². The van der Waals surface area contributed by atoms with Crippen molar-refractivity contribution in [3.63, 3.8) is 0 Å². The lowest BCUT2D eigenvalue weighted by molar-refractivity contribution is -0.117. The second-order valence-electron chi connectivity index (χ2n) is 8.02. The fourth-order valence-electron chi connectivity index (χ4n) is 3.82. The fraction of sp³-hybridized carbons (Fsp3) is 0.333. The summed E-state index contributed by atoms with van der Waals surface area (Å²) in [5.41, 5.74) is 3.18. The van der Waals surface area contributed by atoms with Crippen LogP contribution < -0.4 is 5.32 Å². The molecule has 0 unspecified atom stereocenters. The number of amides is 1. The molecule has 2 aromatic heterocycles. The Kier molecular flexibility index (Phi) is 5.92. The molecule has 0 radical (unpaired) electrons. The Labute approximate surface area is 180 Å².